The Balaban J connectivity index is 1.77. The molecule has 96 valence electrons. The van der Waals surface area contributed by atoms with E-state index in [4.69, 9.17) is 4.74 Å². The lowest BCUT2D eigenvalue weighted by Crippen LogP contribution is -2.27. The van der Waals surface area contributed by atoms with Gasteiger partial charge in [-0.15, -0.1) is 0 Å². The number of fused-ring (bicyclic) bond motifs is 1. The summed E-state index contributed by atoms with van der Waals surface area (Å²) in [5.74, 6) is -1.13. The van der Waals surface area contributed by atoms with Crippen LogP contribution in [-0.4, -0.2) is 12.7 Å². The highest BCUT2D eigenvalue weighted by Gasteiger charge is 2.31. The topological polar surface area (TPSA) is 9.23 Å². The second-order valence-corrected chi connectivity index (χ2v) is 5.34. The van der Waals surface area contributed by atoms with E-state index in [2.05, 4.69) is 13.0 Å². The summed E-state index contributed by atoms with van der Waals surface area (Å²) in [6.07, 6.45) is 4.90. The van der Waals surface area contributed by atoms with Gasteiger partial charge in [0.2, 0.25) is 0 Å². The fourth-order valence-electron chi connectivity index (χ4n) is 2.92. The fourth-order valence-corrected chi connectivity index (χ4v) is 2.92. The van der Waals surface area contributed by atoms with Gasteiger partial charge in [-0.3, -0.25) is 0 Å². The van der Waals surface area contributed by atoms with Crippen LogP contribution < -0.4 is 0 Å². The van der Waals surface area contributed by atoms with Gasteiger partial charge in [-0.25, -0.2) is 8.78 Å². The third kappa shape index (κ3) is 2.07. The summed E-state index contributed by atoms with van der Waals surface area (Å²) < 4.78 is 32.2. The maximum Gasteiger partial charge on any atom is 0.159 e. The number of hydrogen-bond donors (Lipinski definition) is 0. The summed E-state index contributed by atoms with van der Waals surface area (Å²) in [6, 6.07) is 2.68. The van der Waals surface area contributed by atoms with Crippen LogP contribution in [0.2, 0.25) is 0 Å². The summed E-state index contributed by atoms with van der Waals surface area (Å²) in [5.41, 5.74) is 3.14. The van der Waals surface area contributed by atoms with Crippen LogP contribution in [0.4, 0.5) is 8.78 Å². The number of benzene rings is 1. The molecule has 0 amide bonds. The van der Waals surface area contributed by atoms with Crippen molar-refractivity contribution in [2.75, 3.05) is 6.61 Å². The molecule has 0 spiro atoms. The van der Waals surface area contributed by atoms with Gasteiger partial charge in [0, 0.05) is 0 Å². The monoisotopic (exact) mass is 250 g/mol. The van der Waals surface area contributed by atoms with Gasteiger partial charge in [-0.2, -0.15) is 0 Å². The predicted octanol–water partition coefficient (Wildman–Crippen LogP) is 3.41. The molecule has 0 fully saturated rings. The Kier molecular flexibility index (Phi) is 2.94. The van der Waals surface area contributed by atoms with Gasteiger partial charge in [0.15, 0.2) is 11.6 Å². The van der Waals surface area contributed by atoms with Crippen molar-refractivity contribution in [1.29, 1.82) is 0 Å². The zero-order valence-electron chi connectivity index (χ0n) is 10.4. The Morgan fingerprint density at radius 2 is 1.72 bits per heavy atom. The number of halogens is 2. The van der Waals surface area contributed by atoms with E-state index in [1.807, 2.05) is 0 Å². The number of hydrogen-bond acceptors (Lipinski definition) is 1. The molecular weight excluding hydrogens is 234 g/mol. The standard InChI is InChI=1S/C15H16F2O/c1-9-2-3-15(18-8-9)12-4-10-6-13(16)14(17)7-11(10)5-12/h2,6-7,12,15H,3-5,8H2,1H3. The Hall–Kier alpha value is -1.22. The average molecular weight is 250 g/mol. The Bertz CT molecular complexity index is 476. The SMILES string of the molecule is CC1=CCC(C2Cc3cc(F)c(F)cc3C2)OC1. The molecule has 0 saturated carbocycles. The van der Waals surface area contributed by atoms with Gasteiger partial charge in [0.05, 0.1) is 12.7 Å². The van der Waals surface area contributed by atoms with Crippen molar-refractivity contribution < 1.29 is 13.5 Å². The number of ether oxygens (including phenoxy) is 1. The summed E-state index contributed by atoms with van der Waals surface area (Å²) in [5, 5.41) is 0. The van der Waals surface area contributed by atoms with E-state index in [0.29, 0.717) is 12.5 Å². The molecule has 1 nitrogen and oxygen atoms in total. The van der Waals surface area contributed by atoms with Crippen molar-refractivity contribution in [2.24, 2.45) is 5.92 Å². The first-order valence-corrected chi connectivity index (χ1v) is 6.37. The molecule has 1 heterocycles. The second-order valence-electron chi connectivity index (χ2n) is 5.34. The highest BCUT2D eigenvalue weighted by atomic mass is 19.2. The first-order chi connectivity index (χ1) is 8.63. The summed E-state index contributed by atoms with van der Waals surface area (Å²) in [4.78, 5) is 0. The lowest BCUT2D eigenvalue weighted by molar-refractivity contribution is 0.0219. The van der Waals surface area contributed by atoms with E-state index in [1.165, 1.54) is 17.7 Å². The molecule has 1 unspecified atom stereocenters. The van der Waals surface area contributed by atoms with Crippen LogP contribution in [0.5, 0.6) is 0 Å². The predicted molar refractivity (Wildman–Crippen MR) is 65.4 cm³/mol. The van der Waals surface area contributed by atoms with E-state index in [0.717, 1.165) is 30.4 Å². The fraction of sp³-hybridized carbons (Fsp3) is 0.467. The van der Waals surface area contributed by atoms with Gasteiger partial charge < -0.3 is 4.74 Å². The molecule has 0 saturated heterocycles. The molecule has 0 N–H and O–H groups in total. The molecule has 1 aliphatic heterocycles. The number of rotatable bonds is 1. The van der Waals surface area contributed by atoms with Crippen LogP contribution >= 0.6 is 0 Å². The molecule has 1 aromatic rings. The van der Waals surface area contributed by atoms with Gasteiger partial charge in [0.25, 0.3) is 0 Å². The van der Waals surface area contributed by atoms with Crippen LogP contribution in [0.1, 0.15) is 24.5 Å². The molecule has 2 aliphatic rings. The minimum atomic E-state index is -0.741. The van der Waals surface area contributed by atoms with Gasteiger partial charge in [-0.1, -0.05) is 11.6 Å². The van der Waals surface area contributed by atoms with Crippen molar-refractivity contribution >= 4 is 0 Å². The molecule has 18 heavy (non-hydrogen) atoms. The summed E-state index contributed by atoms with van der Waals surface area (Å²) >= 11 is 0. The van der Waals surface area contributed by atoms with E-state index in [9.17, 15) is 8.78 Å². The van der Waals surface area contributed by atoms with Crippen molar-refractivity contribution in [2.45, 2.75) is 32.3 Å². The molecular formula is C15H16F2O. The molecule has 3 rings (SSSR count). The largest absolute Gasteiger partial charge is 0.373 e. The van der Waals surface area contributed by atoms with Gasteiger partial charge in [0.1, 0.15) is 0 Å². The first-order valence-electron chi connectivity index (χ1n) is 6.37. The average Bonchev–Trinajstić information content (AvgIpc) is 2.73. The Labute approximate surface area is 105 Å². The molecule has 1 atom stereocenters. The second kappa shape index (κ2) is 4.47. The Morgan fingerprint density at radius 1 is 1.11 bits per heavy atom. The summed E-state index contributed by atoms with van der Waals surface area (Å²) in [6.45, 7) is 2.74. The van der Waals surface area contributed by atoms with Crippen molar-refractivity contribution in [3.05, 3.63) is 46.5 Å². The zero-order chi connectivity index (χ0) is 12.7. The molecule has 0 bridgehead atoms. The normalized spacial score (nSPS) is 23.9. The van der Waals surface area contributed by atoms with Crippen molar-refractivity contribution in [3.8, 4) is 0 Å². The van der Waals surface area contributed by atoms with E-state index >= 15 is 0 Å². The van der Waals surface area contributed by atoms with Crippen LogP contribution in [0.3, 0.4) is 0 Å². The van der Waals surface area contributed by atoms with Crippen LogP contribution in [0.25, 0.3) is 0 Å². The van der Waals surface area contributed by atoms with Crippen LogP contribution in [-0.2, 0) is 17.6 Å². The minimum Gasteiger partial charge on any atom is -0.373 e. The van der Waals surface area contributed by atoms with Crippen molar-refractivity contribution in [1.82, 2.24) is 0 Å². The molecule has 3 heteroatoms. The third-order valence-corrected chi connectivity index (χ3v) is 3.96. The molecule has 0 radical (unpaired) electrons. The van der Waals surface area contributed by atoms with Crippen LogP contribution in [0, 0.1) is 17.6 Å². The highest BCUT2D eigenvalue weighted by molar-refractivity contribution is 5.34. The smallest absolute Gasteiger partial charge is 0.159 e. The maximum absolute atomic E-state index is 13.2. The van der Waals surface area contributed by atoms with E-state index < -0.39 is 11.6 Å². The molecule has 1 aliphatic carbocycles. The summed E-state index contributed by atoms with van der Waals surface area (Å²) in [7, 11) is 0. The maximum atomic E-state index is 13.2. The van der Waals surface area contributed by atoms with Crippen molar-refractivity contribution in [3.63, 3.8) is 0 Å². The zero-order valence-corrected chi connectivity index (χ0v) is 10.4. The third-order valence-electron chi connectivity index (χ3n) is 3.96. The van der Waals surface area contributed by atoms with E-state index in [1.54, 1.807) is 0 Å². The minimum absolute atomic E-state index is 0.187. The van der Waals surface area contributed by atoms with Gasteiger partial charge in [-0.05, 0) is 55.4 Å². The first kappa shape index (κ1) is 11.8. The molecule has 1 aromatic carbocycles. The highest BCUT2D eigenvalue weighted by Crippen LogP contribution is 2.34. The quantitative estimate of drug-likeness (QED) is 0.694. The van der Waals surface area contributed by atoms with Gasteiger partial charge >= 0.3 is 0 Å². The lowest BCUT2D eigenvalue weighted by atomic mass is 9.94. The molecule has 0 aromatic heterocycles. The lowest BCUT2D eigenvalue weighted by Gasteiger charge is -2.26. The van der Waals surface area contributed by atoms with E-state index in [-0.39, 0.29) is 6.10 Å². The Morgan fingerprint density at radius 3 is 2.22 bits per heavy atom. The van der Waals surface area contributed by atoms with Crippen LogP contribution in [0.15, 0.2) is 23.8 Å².